The average molecular weight is 204 g/mol. The molecule has 15 heavy (non-hydrogen) atoms. The summed E-state index contributed by atoms with van der Waals surface area (Å²) in [6, 6.07) is 0. The standard InChI is InChI=1S/C14H20O/c1-8(2)12-6-9-7-13(12)11-5-3-4-10(9)14(11)15/h9-11,13H,3-7H2,1-2H3. The maximum absolute atomic E-state index is 12.2. The first kappa shape index (κ1) is 9.62. The minimum absolute atomic E-state index is 0.410. The van der Waals surface area contributed by atoms with Crippen LogP contribution in [-0.4, -0.2) is 5.78 Å². The van der Waals surface area contributed by atoms with E-state index in [-0.39, 0.29) is 0 Å². The van der Waals surface area contributed by atoms with Gasteiger partial charge in [-0.2, -0.15) is 0 Å². The maximum Gasteiger partial charge on any atom is 0.139 e. The summed E-state index contributed by atoms with van der Waals surface area (Å²) < 4.78 is 0. The molecule has 3 rings (SSSR count). The lowest BCUT2D eigenvalue weighted by Gasteiger charge is -2.38. The van der Waals surface area contributed by atoms with Crippen molar-refractivity contribution in [2.75, 3.05) is 0 Å². The Morgan fingerprint density at radius 1 is 1.13 bits per heavy atom. The van der Waals surface area contributed by atoms with Crippen molar-refractivity contribution >= 4 is 5.78 Å². The highest BCUT2D eigenvalue weighted by Crippen LogP contribution is 2.55. The van der Waals surface area contributed by atoms with E-state index in [0.29, 0.717) is 29.5 Å². The third-order valence-corrected chi connectivity index (χ3v) is 4.94. The van der Waals surface area contributed by atoms with Gasteiger partial charge in [-0.1, -0.05) is 17.6 Å². The summed E-state index contributed by atoms with van der Waals surface area (Å²) in [5.41, 5.74) is 3.13. The molecule has 3 saturated carbocycles. The van der Waals surface area contributed by atoms with Crippen molar-refractivity contribution in [3.63, 3.8) is 0 Å². The van der Waals surface area contributed by atoms with Crippen LogP contribution >= 0.6 is 0 Å². The number of carbonyl (C=O) groups is 1. The summed E-state index contributed by atoms with van der Waals surface area (Å²) in [4.78, 5) is 12.2. The number of allylic oxidation sites excluding steroid dienone is 2. The minimum atomic E-state index is 0.410. The lowest BCUT2D eigenvalue weighted by Crippen LogP contribution is -2.39. The van der Waals surface area contributed by atoms with Gasteiger partial charge in [0.15, 0.2) is 0 Å². The van der Waals surface area contributed by atoms with Gasteiger partial charge in [0.1, 0.15) is 5.78 Å². The Kier molecular flexibility index (Phi) is 2.05. The van der Waals surface area contributed by atoms with Gasteiger partial charge in [0.2, 0.25) is 0 Å². The second-order valence-electron chi connectivity index (χ2n) is 5.88. The van der Waals surface area contributed by atoms with Crippen LogP contribution in [0.5, 0.6) is 0 Å². The van der Waals surface area contributed by atoms with E-state index in [0.717, 1.165) is 0 Å². The van der Waals surface area contributed by atoms with E-state index in [1.165, 1.54) is 37.7 Å². The Labute approximate surface area is 91.9 Å². The van der Waals surface area contributed by atoms with Crippen molar-refractivity contribution in [2.24, 2.45) is 23.7 Å². The van der Waals surface area contributed by atoms with Crippen LogP contribution in [0.4, 0.5) is 0 Å². The largest absolute Gasteiger partial charge is 0.299 e. The molecule has 0 saturated heterocycles. The minimum Gasteiger partial charge on any atom is -0.299 e. The van der Waals surface area contributed by atoms with Gasteiger partial charge in [-0.15, -0.1) is 0 Å². The highest BCUT2D eigenvalue weighted by Gasteiger charge is 2.51. The summed E-state index contributed by atoms with van der Waals surface area (Å²) in [7, 11) is 0. The Morgan fingerprint density at radius 2 is 1.87 bits per heavy atom. The molecule has 4 atom stereocenters. The molecule has 0 aromatic carbocycles. The van der Waals surface area contributed by atoms with Crippen molar-refractivity contribution in [1.82, 2.24) is 0 Å². The van der Waals surface area contributed by atoms with Gasteiger partial charge < -0.3 is 0 Å². The maximum atomic E-state index is 12.2. The normalized spacial score (nSPS) is 43.3. The fourth-order valence-electron chi connectivity index (χ4n) is 4.26. The highest BCUT2D eigenvalue weighted by atomic mass is 16.1. The Hall–Kier alpha value is -0.590. The summed E-state index contributed by atoms with van der Waals surface area (Å²) in [5.74, 6) is 2.83. The molecular formula is C14H20O. The van der Waals surface area contributed by atoms with E-state index in [1.807, 2.05) is 0 Å². The predicted molar refractivity (Wildman–Crippen MR) is 60.4 cm³/mol. The molecule has 1 nitrogen and oxygen atoms in total. The summed E-state index contributed by atoms with van der Waals surface area (Å²) in [6.07, 6.45) is 6.21. The second-order valence-corrected chi connectivity index (χ2v) is 5.88. The molecule has 3 aliphatic rings. The van der Waals surface area contributed by atoms with E-state index in [2.05, 4.69) is 13.8 Å². The van der Waals surface area contributed by atoms with E-state index in [4.69, 9.17) is 0 Å². The number of rotatable bonds is 0. The molecule has 82 valence electrons. The molecule has 0 spiro atoms. The Balaban J connectivity index is 2.02. The van der Waals surface area contributed by atoms with Crippen molar-refractivity contribution in [1.29, 1.82) is 0 Å². The van der Waals surface area contributed by atoms with Gasteiger partial charge >= 0.3 is 0 Å². The van der Waals surface area contributed by atoms with Gasteiger partial charge in [0, 0.05) is 11.8 Å². The zero-order valence-corrected chi connectivity index (χ0v) is 9.75. The first-order valence-corrected chi connectivity index (χ1v) is 6.38. The number of ketones is 1. The van der Waals surface area contributed by atoms with Crippen LogP contribution < -0.4 is 0 Å². The zero-order chi connectivity index (χ0) is 10.6. The smallest absolute Gasteiger partial charge is 0.139 e. The lowest BCUT2D eigenvalue weighted by atomic mass is 9.65. The first-order valence-electron chi connectivity index (χ1n) is 6.38. The second kappa shape index (κ2) is 3.20. The van der Waals surface area contributed by atoms with Crippen LogP contribution in [0.15, 0.2) is 11.1 Å². The summed E-state index contributed by atoms with van der Waals surface area (Å²) >= 11 is 0. The Bertz CT molecular complexity index is 335. The highest BCUT2D eigenvalue weighted by molar-refractivity contribution is 5.86. The van der Waals surface area contributed by atoms with Crippen LogP contribution in [-0.2, 0) is 4.79 Å². The van der Waals surface area contributed by atoms with Gasteiger partial charge in [-0.3, -0.25) is 4.79 Å². The fourth-order valence-corrected chi connectivity index (χ4v) is 4.26. The van der Waals surface area contributed by atoms with Crippen LogP contribution in [0.1, 0.15) is 46.0 Å². The molecule has 3 aliphatic carbocycles. The molecule has 0 aromatic rings. The molecule has 0 heterocycles. The molecule has 0 radical (unpaired) electrons. The fraction of sp³-hybridized carbons (Fsp3) is 0.786. The molecule has 0 amide bonds. The van der Waals surface area contributed by atoms with Crippen LogP contribution in [0, 0.1) is 23.7 Å². The van der Waals surface area contributed by atoms with Crippen molar-refractivity contribution < 1.29 is 4.79 Å². The van der Waals surface area contributed by atoms with Crippen LogP contribution in [0.2, 0.25) is 0 Å². The lowest BCUT2D eigenvalue weighted by molar-refractivity contribution is -0.135. The molecule has 4 unspecified atom stereocenters. The molecule has 1 heteroatoms. The van der Waals surface area contributed by atoms with Crippen molar-refractivity contribution in [3.8, 4) is 0 Å². The summed E-state index contributed by atoms with van der Waals surface area (Å²) in [6.45, 7) is 4.45. The average Bonchev–Trinajstić information content (AvgIpc) is 2.57. The number of hydrogen-bond acceptors (Lipinski definition) is 1. The SMILES string of the molecule is CC(C)=C1CC2CC1C1CCCC2C1=O. The molecule has 0 N–H and O–H groups in total. The number of Topliss-reactive ketones (excluding diaryl/α,β-unsaturated/α-hetero) is 1. The zero-order valence-electron chi connectivity index (χ0n) is 9.75. The number of fused-ring (bicyclic) bond motifs is 6. The van der Waals surface area contributed by atoms with Crippen molar-refractivity contribution in [3.05, 3.63) is 11.1 Å². The first-order chi connectivity index (χ1) is 7.18. The summed E-state index contributed by atoms with van der Waals surface area (Å²) in [5, 5.41) is 0. The van der Waals surface area contributed by atoms with E-state index < -0.39 is 0 Å². The third kappa shape index (κ3) is 1.25. The van der Waals surface area contributed by atoms with Crippen LogP contribution in [0.25, 0.3) is 0 Å². The van der Waals surface area contributed by atoms with E-state index in [1.54, 1.807) is 5.57 Å². The topological polar surface area (TPSA) is 17.1 Å². The number of carbonyl (C=O) groups excluding carboxylic acids is 1. The quantitative estimate of drug-likeness (QED) is 0.553. The molecule has 0 aromatic heterocycles. The van der Waals surface area contributed by atoms with Gasteiger partial charge in [-0.05, 0) is 51.4 Å². The van der Waals surface area contributed by atoms with Gasteiger partial charge in [0.05, 0.1) is 0 Å². The van der Waals surface area contributed by atoms with Gasteiger partial charge in [-0.25, -0.2) is 0 Å². The monoisotopic (exact) mass is 204 g/mol. The Morgan fingerprint density at radius 3 is 2.60 bits per heavy atom. The molecule has 4 bridgehead atoms. The number of hydrogen-bond donors (Lipinski definition) is 0. The molecule has 3 fully saturated rings. The molecule has 0 aliphatic heterocycles. The molecular weight excluding hydrogens is 184 g/mol. The third-order valence-electron chi connectivity index (χ3n) is 4.94. The predicted octanol–water partition coefficient (Wildman–Crippen LogP) is 3.35. The van der Waals surface area contributed by atoms with Gasteiger partial charge in [0.25, 0.3) is 0 Å². The van der Waals surface area contributed by atoms with E-state index in [9.17, 15) is 4.79 Å². The van der Waals surface area contributed by atoms with E-state index >= 15 is 0 Å². The van der Waals surface area contributed by atoms with Crippen LogP contribution in [0.3, 0.4) is 0 Å². The van der Waals surface area contributed by atoms with Crippen molar-refractivity contribution in [2.45, 2.75) is 46.0 Å².